The number of carbonyl (C=O) groups is 2. The Morgan fingerprint density at radius 1 is 1.24 bits per heavy atom. The van der Waals surface area contributed by atoms with Gasteiger partial charge in [0.15, 0.2) is 11.5 Å². The molecule has 0 aliphatic carbocycles. The molecule has 0 saturated carbocycles. The topological polar surface area (TPSA) is 76.1 Å². The van der Waals surface area contributed by atoms with Crippen molar-refractivity contribution in [3.05, 3.63) is 23.8 Å². The summed E-state index contributed by atoms with van der Waals surface area (Å²) in [6.45, 7) is 2.02. The van der Waals surface area contributed by atoms with Crippen LogP contribution >= 0.6 is 0 Å². The first-order chi connectivity index (χ1) is 9.93. The second-order valence-corrected chi connectivity index (χ2v) is 5.21. The number of carboxylic acid groups (broad SMARTS) is 1. The molecule has 1 atom stereocenters. The van der Waals surface area contributed by atoms with E-state index in [-0.39, 0.29) is 5.91 Å². The predicted octanol–water partition coefficient (Wildman–Crippen LogP) is 1.78. The summed E-state index contributed by atoms with van der Waals surface area (Å²) in [7, 11) is 3.00. The van der Waals surface area contributed by atoms with E-state index in [1.54, 1.807) is 25.1 Å². The number of hydrogen-bond acceptors (Lipinski definition) is 4. The standard InChI is InChI=1S/C15H19NO5/c1-15(14(18)19)7-4-8-16(15)13(17)10-5-6-11(20-2)12(9-10)21-3/h5-6,9H,4,7-8H2,1-3H3,(H,18,19). The maximum absolute atomic E-state index is 12.6. The molecule has 1 heterocycles. The van der Waals surface area contributed by atoms with Gasteiger partial charge in [-0.2, -0.15) is 0 Å². The minimum atomic E-state index is -1.15. The zero-order valence-electron chi connectivity index (χ0n) is 12.4. The summed E-state index contributed by atoms with van der Waals surface area (Å²) in [5.74, 6) is -0.316. The highest BCUT2D eigenvalue weighted by Gasteiger charge is 2.46. The summed E-state index contributed by atoms with van der Waals surface area (Å²) in [6.07, 6.45) is 1.14. The van der Waals surface area contributed by atoms with Gasteiger partial charge >= 0.3 is 5.97 Å². The van der Waals surface area contributed by atoms with Gasteiger partial charge in [-0.05, 0) is 38.0 Å². The van der Waals surface area contributed by atoms with E-state index in [0.717, 1.165) is 0 Å². The molecule has 6 nitrogen and oxygen atoms in total. The molecule has 1 N–H and O–H groups in total. The molecule has 1 aromatic rings. The van der Waals surface area contributed by atoms with Gasteiger partial charge < -0.3 is 19.5 Å². The first kappa shape index (κ1) is 15.2. The quantitative estimate of drug-likeness (QED) is 0.915. The van der Waals surface area contributed by atoms with Crippen LogP contribution in [0.15, 0.2) is 18.2 Å². The number of hydrogen-bond donors (Lipinski definition) is 1. The fourth-order valence-corrected chi connectivity index (χ4v) is 2.64. The van der Waals surface area contributed by atoms with Crippen molar-refractivity contribution in [3.8, 4) is 11.5 Å². The zero-order chi connectivity index (χ0) is 15.6. The van der Waals surface area contributed by atoms with Crippen molar-refractivity contribution >= 4 is 11.9 Å². The van der Waals surface area contributed by atoms with Gasteiger partial charge in [-0.3, -0.25) is 4.79 Å². The predicted molar refractivity (Wildman–Crippen MR) is 75.9 cm³/mol. The molecular formula is C15H19NO5. The van der Waals surface area contributed by atoms with Crippen LogP contribution in [0.4, 0.5) is 0 Å². The van der Waals surface area contributed by atoms with Gasteiger partial charge in [-0.1, -0.05) is 0 Å². The molecule has 114 valence electrons. The largest absolute Gasteiger partial charge is 0.493 e. The highest BCUT2D eigenvalue weighted by molar-refractivity contribution is 5.98. The van der Waals surface area contributed by atoms with Crippen LogP contribution < -0.4 is 9.47 Å². The van der Waals surface area contributed by atoms with E-state index in [1.807, 2.05) is 0 Å². The first-order valence-corrected chi connectivity index (χ1v) is 6.71. The molecule has 6 heteroatoms. The van der Waals surface area contributed by atoms with Crippen molar-refractivity contribution in [2.24, 2.45) is 0 Å². The van der Waals surface area contributed by atoms with Gasteiger partial charge in [-0.15, -0.1) is 0 Å². The molecule has 1 aliphatic rings. The van der Waals surface area contributed by atoms with Gasteiger partial charge in [0, 0.05) is 12.1 Å². The normalized spacial score (nSPS) is 21.2. The van der Waals surface area contributed by atoms with Crippen LogP contribution in [0.5, 0.6) is 11.5 Å². The van der Waals surface area contributed by atoms with Gasteiger partial charge in [0.25, 0.3) is 5.91 Å². The number of carboxylic acids is 1. The molecule has 0 spiro atoms. The van der Waals surface area contributed by atoms with Crippen molar-refractivity contribution in [1.82, 2.24) is 4.90 Å². The molecule has 1 fully saturated rings. The Hall–Kier alpha value is -2.24. The van der Waals surface area contributed by atoms with Crippen LogP contribution in [0.25, 0.3) is 0 Å². The highest BCUT2D eigenvalue weighted by Crippen LogP contribution is 2.33. The number of ether oxygens (including phenoxy) is 2. The van der Waals surface area contributed by atoms with E-state index in [4.69, 9.17) is 9.47 Å². The summed E-state index contributed by atoms with van der Waals surface area (Å²) >= 11 is 0. The van der Waals surface area contributed by atoms with Crippen molar-refractivity contribution < 1.29 is 24.2 Å². The molecule has 0 bridgehead atoms. The van der Waals surface area contributed by atoms with Crippen LogP contribution in [0.2, 0.25) is 0 Å². The Kier molecular flexibility index (Phi) is 4.06. The highest BCUT2D eigenvalue weighted by atomic mass is 16.5. The fraction of sp³-hybridized carbons (Fsp3) is 0.467. The molecule has 2 rings (SSSR count). The summed E-state index contributed by atoms with van der Waals surface area (Å²) < 4.78 is 10.3. The van der Waals surface area contributed by atoms with Crippen molar-refractivity contribution in [2.45, 2.75) is 25.3 Å². The van der Waals surface area contributed by atoms with Crippen molar-refractivity contribution in [3.63, 3.8) is 0 Å². The Labute approximate surface area is 123 Å². The number of rotatable bonds is 4. The average Bonchev–Trinajstić information content (AvgIpc) is 2.89. The molecule has 0 radical (unpaired) electrons. The third-order valence-corrected chi connectivity index (χ3v) is 3.98. The number of likely N-dealkylation sites (tertiary alicyclic amines) is 1. The molecule has 0 aromatic heterocycles. The van der Waals surface area contributed by atoms with Gasteiger partial charge in [0.1, 0.15) is 5.54 Å². The van der Waals surface area contributed by atoms with Gasteiger partial charge in [-0.25, -0.2) is 4.79 Å². The minimum Gasteiger partial charge on any atom is -0.493 e. The lowest BCUT2D eigenvalue weighted by molar-refractivity contribution is -0.147. The number of nitrogens with zero attached hydrogens (tertiary/aromatic N) is 1. The van der Waals surface area contributed by atoms with Gasteiger partial charge in [0.05, 0.1) is 14.2 Å². The van der Waals surface area contributed by atoms with Crippen molar-refractivity contribution in [2.75, 3.05) is 20.8 Å². The Balaban J connectivity index is 2.34. The van der Waals surface area contributed by atoms with Crippen molar-refractivity contribution in [1.29, 1.82) is 0 Å². The third-order valence-electron chi connectivity index (χ3n) is 3.98. The molecule has 1 aliphatic heterocycles. The molecule has 1 saturated heterocycles. The van der Waals surface area contributed by atoms with Crippen LogP contribution in [-0.4, -0.2) is 48.2 Å². The number of methoxy groups -OCH3 is 2. The van der Waals surface area contributed by atoms with Crippen LogP contribution in [0, 0.1) is 0 Å². The van der Waals surface area contributed by atoms with E-state index in [2.05, 4.69) is 0 Å². The Bertz CT molecular complexity index is 571. The number of benzene rings is 1. The zero-order valence-corrected chi connectivity index (χ0v) is 12.4. The average molecular weight is 293 g/mol. The van der Waals surface area contributed by atoms with Crippen LogP contribution in [-0.2, 0) is 4.79 Å². The Morgan fingerprint density at radius 2 is 1.90 bits per heavy atom. The van der Waals surface area contributed by atoms with E-state index >= 15 is 0 Å². The van der Waals surface area contributed by atoms with E-state index in [9.17, 15) is 14.7 Å². The van der Waals surface area contributed by atoms with Gasteiger partial charge in [0.2, 0.25) is 0 Å². The van der Waals surface area contributed by atoms with E-state index in [1.165, 1.54) is 19.1 Å². The molecular weight excluding hydrogens is 274 g/mol. The monoisotopic (exact) mass is 293 g/mol. The summed E-state index contributed by atoms with van der Waals surface area (Å²) in [4.78, 5) is 25.5. The molecule has 1 unspecified atom stereocenters. The number of carbonyl (C=O) groups excluding carboxylic acids is 1. The summed E-state index contributed by atoms with van der Waals surface area (Å²) in [5, 5.41) is 9.38. The summed E-state index contributed by atoms with van der Waals surface area (Å²) in [5.41, 5.74) is -0.758. The fourth-order valence-electron chi connectivity index (χ4n) is 2.64. The molecule has 1 amide bonds. The number of aliphatic carboxylic acids is 1. The smallest absolute Gasteiger partial charge is 0.329 e. The maximum atomic E-state index is 12.6. The number of amides is 1. The summed E-state index contributed by atoms with van der Waals surface area (Å²) in [6, 6.07) is 4.83. The SMILES string of the molecule is COc1ccc(C(=O)N2CCCC2(C)C(=O)O)cc1OC. The minimum absolute atomic E-state index is 0.307. The lowest BCUT2D eigenvalue weighted by Gasteiger charge is -2.31. The second kappa shape index (κ2) is 5.63. The maximum Gasteiger partial charge on any atom is 0.329 e. The van der Waals surface area contributed by atoms with E-state index in [0.29, 0.717) is 36.4 Å². The van der Waals surface area contributed by atoms with Crippen LogP contribution in [0.3, 0.4) is 0 Å². The molecule has 21 heavy (non-hydrogen) atoms. The third kappa shape index (κ3) is 2.53. The van der Waals surface area contributed by atoms with Crippen LogP contribution in [0.1, 0.15) is 30.1 Å². The van der Waals surface area contributed by atoms with E-state index < -0.39 is 11.5 Å². The lowest BCUT2D eigenvalue weighted by atomic mass is 9.98. The second-order valence-electron chi connectivity index (χ2n) is 5.21. The lowest BCUT2D eigenvalue weighted by Crippen LogP contribution is -2.50. The molecule has 1 aromatic carbocycles. The first-order valence-electron chi connectivity index (χ1n) is 6.71. The Morgan fingerprint density at radius 3 is 2.48 bits per heavy atom.